The number of aryl methyl sites for hydroxylation is 1. The van der Waals surface area contributed by atoms with Crippen molar-refractivity contribution in [1.29, 1.82) is 0 Å². The Morgan fingerprint density at radius 1 is 0.981 bits per heavy atom. The van der Waals surface area contributed by atoms with Crippen molar-refractivity contribution in [2.45, 2.75) is 63.6 Å². The zero-order chi connectivity index (χ0) is 36.9. The van der Waals surface area contributed by atoms with E-state index in [-0.39, 0.29) is 17.4 Å². The number of hydrogen-bond donors (Lipinski definition) is 2. The molecule has 2 aliphatic carbocycles. The molecule has 2 aromatic carbocycles. The molecule has 0 bridgehead atoms. The van der Waals surface area contributed by atoms with E-state index in [0.717, 1.165) is 77.8 Å². The van der Waals surface area contributed by atoms with Crippen LogP contribution in [0.25, 0.3) is 45.2 Å². The van der Waals surface area contributed by atoms with Gasteiger partial charge >= 0.3 is 6.18 Å². The molecule has 53 heavy (non-hydrogen) atoms. The summed E-state index contributed by atoms with van der Waals surface area (Å²) in [5, 5.41) is 5.14. The summed E-state index contributed by atoms with van der Waals surface area (Å²) >= 11 is 0. The van der Waals surface area contributed by atoms with E-state index in [1.54, 1.807) is 30.5 Å². The Morgan fingerprint density at radius 3 is 2.53 bits per heavy atom. The minimum Gasteiger partial charge on any atom is -0.353 e. The minimum atomic E-state index is -4.60. The number of H-pyrrole nitrogens is 1. The van der Waals surface area contributed by atoms with E-state index in [1.165, 1.54) is 10.9 Å². The van der Waals surface area contributed by atoms with Gasteiger partial charge in [-0.2, -0.15) is 18.3 Å². The molecule has 2 atom stereocenters. The number of rotatable bonds is 9. The fraction of sp³-hybridized carbons (Fsp3) is 0.262. The van der Waals surface area contributed by atoms with Gasteiger partial charge in [0.15, 0.2) is 5.78 Å². The third-order valence-corrected chi connectivity index (χ3v) is 10.7. The highest BCUT2D eigenvalue weighted by Gasteiger charge is 2.40. The fourth-order valence-electron chi connectivity index (χ4n) is 8.00. The van der Waals surface area contributed by atoms with Crippen LogP contribution in [0.3, 0.4) is 0 Å². The van der Waals surface area contributed by atoms with Crippen molar-refractivity contribution in [3.8, 4) is 28.2 Å². The van der Waals surface area contributed by atoms with Gasteiger partial charge in [0.1, 0.15) is 5.69 Å². The maximum Gasteiger partial charge on any atom is 0.419 e. The Kier molecular flexibility index (Phi) is 8.90. The molecule has 0 saturated heterocycles. The third-order valence-electron chi connectivity index (χ3n) is 10.7. The number of aromatic amines is 1. The SMILES string of the molecule is CCc1c(-c2cc(-n3cc(C(F)(F)F)cn3)c(-c3ccnc(C(=O)C4=Cc5ccccc5C4C(=O)[C@@H](N)C4CCCCC4)c3)cn2)[nH]c2ccccc12. The normalized spacial score (nSPS) is 16.8. The minimum absolute atomic E-state index is 0.0636. The summed E-state index contributed by atoms with van der Waals surface area (Å²) < 4.78 is 42.5. The highest BCUT2D eigenvalue weighted by molar-refractivity contribution is 6.18. The molecular formula is C42H37F3N6O2. The number of nitrogens with zero attached hydrogens (tertiary/aromatic N) is 4. The largest absolute Gasteiger partial charge is 0.419 e. The number of pyridine rings is 2. The topological polar surface area (TPSA) is 120 Å². The summed E-state index contributed by atoms with van der Waals surface area (Å²) in [6, 6.07) is 19.6. The number of nitrogens with two attached hydrogens (primary N) is 1. The first-order valence-corrected chi connectivity index (χ1v) is 18.0. The lowest BCUT2D eigenvalue weighted by molar-refractivity contribution is -0.137. The van der Waals surface area contributed by atoms with Crippen LogP contribution in [0.15, 0.2) is 97.1 Å². The third kappa shape index (κ3) is 6.28. The van der Waals surface area contributed by atoms with Gasteiger partial charge in [0, 0.05) is 40.6 Å². The number of para-hydroxylation sites is 1. The molecule has 268 valence electrons. The summed E-state index contributed by atoms with van der Waals surface area (Å²) in [7, 11) is 0. The molecule has 4 heterocycles. The quantitative estimate of drug-likeness (QED) is 0.144. The predicted octanol–water partition coefficient (Wildman–Crippen LogP) is 8.90. The number of halogens is 3. The Balaban J connectivity index is 1.20. The van der Waals surface area contributed by atoms with Gasteiger partial charge in [-0.3, -0.25) is 19.6 Å². The Morgan fingerprint density at radius 2 is 1.75 bits per heavy atom. The first-order chi connectivity index (χ1) is 25.6. The molecule has 0 radical (unpaired) electrons. The van der Waals surface area contributed by atoms with E-state index >= 15 is 0 Å². The smallest absolute Gasteiger partial charge is 0.353 e. The number of hydrogen-bond acceptors (Lipinski definition) is 6. The van der Waals surface area contributed by atoms with Gasteiger partial charge in [-0.15, -0.1) is 0 Å². The second kappa shape index (κ2) is 13.7. The van der Waals surface area contributed by atoms with Crippen LogP contribution in [-0.2, 0) is 17.4 Å². The molecule has 1 saturated carbocycles. The Hall–Kier alpha value is -5.68. The van der Waals surface area contributed by atoms with E-state index < -0.39 is 29.5 Å². The van der Waals surface area contributed by atoms with E-state index in [4.69, 9.17) is 10.7 Å². The number of alkyl halides is 3. The summed E-state index contributed by atoms with van der Waals surface area (Å²) in [5.74, 6) is -1.37. The molecule has 1 fully saturated rings. The van der Waals surface area contributed by atoms with Crippen LogP contribution in [0.2, 0.25) is 0 Å². The lowest BCUT2D eigenvalue weighted by Crippen LogP contribution is -2.42. The molecule has 3 N–H and O–H groups in total. The van der Waals surface area contributed by atoms with Gasteiger partial charge in [-0.1, -0.05) is 68.7 Å². The standard InChI is InChI=1S/C42H37F3N6O2/c1-2-28-30-14-8-9-15-33(30)50-39(28)34-20-36(51-23-27(21-49-51)42(43,44)45)32(22-48-34)26-16-17-47-35(19-26)40(52)31-18-25-12-6-7-13-29(25)37(31)41(53)38(46)24-10-4-3-5-11-24/h6-9,12-24,37-38,50H,2-5,10-11,46H2,1H3/t37?,38-/m0/s1. The summed E-state index contributed by atoms with van der Waals surface area (Å²) in [5.41, 5.74) is 12.1. The number of fused-ring (bicyclic) bond motifs is 2. The summed E-state index contributed by atoms with van der Waals surface area (Å²) in [6.45, 7) is 2.03. The zero-order valence-corrected chi connectivity index (χ0v) is 29.0. The number of carbonyl (C=O) groups excluding carboxylic acids is 2. The number of allylic oxidation sites excluding steroid dienone is 1. The van der Waals surface area contributed by atoms with Crippen LogP contribution in [-0.4, -0.2) is 42.3 Å². The van der Waals surface area contributed by atoms with Crippen molar-refractivity contribution in [2.24, 2.45) is 11.7 Å². The van der Waals surface area contributed by atoms with Crippen molar-refractivity contribution in [1.82, 2.24) is 24.7 Å². The average Bonchev–Trinajstić information content (AvgIpc) is 3.93. The van der Waals surface area contributed by atoms with Crippen LogP contribution in [0.5, 0.6) is 0 Å². The number of benzene rings is 2. The van der Waals surface area contributed by atoms with E-state index in [9.17, 15) is 22.8 Å². The fourth-order valence-corrected chi connectivity index (χ4v) is 8.00. The number of Topliss-reactive ketones (excluding diaryl/α,β-unsaturated/α-hetero) is 2. The monoisotopic (exact) mass is 714 g/mol. The molecule has 0 spiro atoms. The average molecular weight is 715 g/mol. The van der Waals surface area contributed by atoms with Gasteiger partial charge in [-0.25, -0.2) is 4.68 Å². The maximum absolute atomic E-state index is 14.4. The van der Waals surface area contributed by atoms with Crippen molar-refractivity contribution in [2.75, 3.05) is 0 Å². The zero-order valence-electron chi connectivity index (χ0n) is 29.0. The molecule has 2 aliphatic rings. The highest BCUT2D eigenvalue weighted by Crippen LogP contribution is 2.41. The van der Waals surface area contributed by atoms with Gasteiger partial charge in [0.2, 0.25) is 5.78 Å². The number of ketones is 2. The van der Waals surface area contributed by atoms with E-state index in [1.807, 2.05) is 55.5 Å². The lowest BCUT2D eigenvalue weighted by Gasteiger charge is -2.29. The van der Waals surface area contributed by atoms with Gasteiger partial charge in [-0.05, 0) is 77.8 Å². The molecule has 1 unspecified atom stereocenters. The van der Waals surface area contributed by atoms with Gasteiger partial charge in [0.25, 0.3) is 0 Å². The summed E-state index contributed by atoms with van der Waals surface area (Å²) in [6.07, 6.45) is 7.57. The van der Waals surface area contributed by atoms with E-state index in [2.05, 4.69) is 15.1 Å². The highest BCUT2D eigenvalue weighted by atomic mass is 19.4. The Bertz CT molecular complexity index is 2400. The molecule has 8 rings (SSSR count). The number of aromatic nitrogens is 5. The molecule has 11 heteroatoms. The lowest BCUT2D eigenvalue weighted by atomic mass is 9.77. The van der Waals surface area contributed by atoms with Gasteiger partial charge in [0.05, 0.1) is 40.8 Å². The van der Waals surface area contributed by atoms with Gasteiger partial charge < -0.3 is 10.7 Å². The summed E-state index contributed by atoms with van der Waals surface area (Å²) in [4.78, 5) is 41.2. The van der Waals surface area contributed by atoms with Crippen molar-refractivity contribution in [3.63, 3.8) is 0 Å². The van der Waals surface area contributed by atoms with Crippen LogP contribution in [0.4, 0.5) is 13.2 Å². The molecule has 0 aliphatic heterocycles. The van der Waals surface area contributed by atoms with Crippen molar-refractivity contribution in [3.05, 3.63) is 125 Å². The van der Waals surface area contributed by atoms with Crippen LogP contribution in [0.1, 0.15) is 77.7 Å². The first-order valence-electron chi connectivity index (χ1n) is 18.0. The van der Waals surface area contributed by atoms with Crippen molar-refractivity contribution < 1.29 is 22.8 Å². The van der Waals surface area contributed by atoms with Crippen LogP contribution >= 0.6 is 0 Å². The predicted molar refractivity (Wildman–Crippen MR) is 197 cm³/mol. The molecule has 6 aromatic rings. The van der Waals surface area contributed by atoms with Crippen molar-refractivity contribution >= 4 is 28.5 Å². The number of nitrogens with one attached hydrogen (secondary N) is 1. The molecule has 0 amide bonds. The maximum atomic E-state index is 14.4. The Labute approximate surface area is 304 Å². The molecule has 8 nitrogen and oxygen atoms in total. The number of carbonyl (C=O) groups is 2. The van der Waals surface area contributed by atoms with Crippen LogP contribution in [0, 0.1) is 5.92 Å². The molecule has 4 aromatic heterocycles. The molecular weight excluding hydrogens is 677 g/mol. The first kappa shape index (κ1) is 34.4. The second-order valence-corrected chi connectivity index (χ2v) is 13.9. The second-order valence-electron chi connectivity index (χ2n) is 13.9. The van der Waals surface area contributed by atoms with Crippen LogP contribution < -0.4 is 5.73 Å². The van der Waals surface area contributed by atoms with E-state index in [0.29, 0.717) is 34.5 Å².